The molecule has 0 bridgehead atoms. The average molecular weight is 389 g/mol. The Morgan fingerprint density at radius 1 is 1.11 bits per heavy atom. The van der Waals surface area contributed by atoms with Crippen molar-refractivity contribution in [3.05, 3.63) is 35.9 Å². The first-order chi connectivity index (χ1) is 13.4. The Morgan fingerprint density at radius 3 is 2.43 bits per heavy atom. The Kier molecular flexibility index (Phi) is 5.93. The zero-order valence-corrected chi connectivity index (χ0v) is 15.3. The summed E-state index contributed by atoms with van der Waals surface area (Å²) in [6.07, 6.45) is 1.05. The first-order valence-corrected chi connectivity index (χ1v) is 9.24. The number of nitrogens with zero attached hydrogens (tertiary/aromatic N) is 2. The molecule has 0 aromatic heterocycles. The number of carbonyl (C=O) groups excluding carboxylic acids is 2. The molecule has 9 heteroatoms. The molecule has 3 atom stereocenters. The highest BCUT2D eigenvalue weighted by Gasteiger charge is 2.44. The number of benzene rings is 1. The predicted molar refractivity (Wildman–Crippen MR) is 96.9 cm³/mol. The number of carboxylic acids is 2. The quantitative estimate of drug-likeness (QED) is 0.604. The van der Waals surface area contributed by atoms with Crippen molar-refractivity contribution in [1.29, 1.82) is 0 Å². The SMILES string of the molecule is O=C(O)C1CN2C(=O)CCC(NC(CCc3ccccc3)C(=O)O)C(=O)N2C1. The summed E-state index contributed by atoms with van der Waals surface area (Å²) >= 11 is 0. The lowest BCUT2D eigenvalue weighted by atomic mass is 10.0. The summed E-state index contributed by atoms with van der Waals surface area (Å²) in [4.78, 5) is 48.1. The van der Waals surface area contributed by atoms with E-state index in [1.54, 1.807) is 0 Å². The Balaban J connectivity index is 1.68. The number of aliphatic carboxylic acids is 2. The Bertz CT molecular complexity index is 768. The van der Waals surface area contributed by atoms with Crippen LogP contribution >= 0.6 is 0 Å². The first kappa shape index (κ1) is 19.8. The average Bonchev–Trinajstić information content (AvgIpc) is 3.09. The maximum atomic E-state index is 12.9. The van der Waals surface area contributed by atoms with E-state index < -0.39 is 35.8 Å². The molecule has 2 saturated heterocycles. The number of nitrogens with one attached hydrogen (secondary N) is 1. The minimum atomic E-state index is -1.07. The van der Waals surface area contributed by atoms with Crippen molar-refractivity contribution in [1.82, 2.24) is 15.3 Å². The molecule has 0 spiro atoms. The molecule has 0 radical (unpaired) electrons. The zero-order chi connectivity index (χ0) is 20.3. The van der Waals surface area contributed by atoms with Crippen LogP contribution in [-0.2, 0) is 25.6 Å². The number of fused-ring (bicyclic) bond motifs is 1. The summed E-state index contributed by atoms with van der Waals surface area (Å²) in [5.41, 5.74) is 0.993. The van der Waals surface area contributed by atoms with E-state index in [0.717, 1.165) is 10.6 Å². The lowest BCUT2D eigenvalue weighted by Gasteiger charge is -2.28. The molecule has 2 aliphatic rings. The highest BCUT2D eigenvalue weighted by molar-refractivity contribution is 5.90. The van der Waals surface area contributed by atoms with E-state index in [4.69, 9.17) is 0 Å². The molecular formula is C19H23N3O6. The van der Waals surface area contributed by atoms with E-state index in [9.17, 15) is 29.4 Å². The monoisotopic (exact) mass is 389 g/mol. The summed E-state index contributed by atoms with van der Waals surface area (Å²) in [6, 6.07) is 7.64. The van der Waals surface area contributed by atoms with Crippen molar-refractivity contribution in [2.45, 2.75) is 37.8 Å². The van der Waals surface area contributed by atoms with Gasteiger partial charge in [-0.3, -0.25) is 29.5 Å². The van der Waals surface area contributed by atoms with Gasteiger partial charge in [0.1, 0.15) is 6.04 Å². The second-order valence-corrected chi connectivity index (χ2v) is 7.10. The fourth-order valence-corrected chi connectivity index (χ4v) is 3.61. The third-order valence-electron chi connectivity index (χ3n) is 5.18. The second-order valence-electron chi connectivity index (χ2n) is 7.10. The number of hydrazine groups is 1. The minimum absolute atomic E-state index is 0.0387. The molecule has 2 fully saturated rings. The van der Waals surface area contributed by atoms with Crippen LogP contribution in [0.4, 0.5) is 0 Å². The lowest BCUT2D eigenvalue weighted by molar-refractivity contribution is -0.156. The molecule has 3 unspecified atom stereocenters. The van der Waals surface area contributed by atoms with Gasteiger partial charge in [-0.2, -0.15) is 0 Å². The van der Waals surface area contributed by atoms with Crippen LogP contribution in [-0.4, -0.2) is 69.2 Å². The molecule has 3 rings (SSSR count). The van der Waals surface area contributed by atoms with E-state index in [-0.39, 0.29) is 31.8 Å². The molecule has 0 aliphatic carbocycles. The van der Waals surface area contributed by atoms with Gasteiger partial charge in [0, 0.05) is 6.42 Å². The van der Waals surface area contributed by atoms with Gasteiger partial charge in [0.05, 0.1) is 25.0 Å². The smallest absolute Gasteiger partial charge is 0.320 e. The fourth-order valence-electron chi connectivity index (χ4n) is 3.61. The van der Waals surface area contributed by atoms with Crippen LogP contribution in [0, 0.1) is 5.92 Å². The number of hydrogen-bond acceptors (Lipinski definition) is 5. The predicted octanol–water partition coefficient (Wildman–Crippen LogP) is 0.111. The molecule has 2 heterocycles. The molecule has 1 aromatic rings. The van der Waals surface area contributed by atoms with Crippen LogP contribution in [0.1, 0.15) is 24.8 Å². The Hall–Kier alpha value is -2.94. The highest BCUT2D eigenvalue weighted by atomic mass is 16.4. The topological polar surface area (TPSA) is 127 Å². The van der Waals surface area contributed by atoms with Crippen molar-refractivity contribution in [2.24, 2.45) is 5.92 Å². The van der Waals surface area contributed by atoms with Crippen LogP contribution in [0.15, 0.2) is 30.3 Å². The number of carboxylic acid groups (broad SMARTS) is 2. The van der Waals surface area contributed by atoms with Crippen molar-refractivity contribution in [3.63, 3.8) is 0 Å². The van der Waals surface area contributed by atoms with Crippen molar-refractivity contribution < 1.29 is 29.4 Å². The van der Waals surface area contributed by atoms with Gasteiger partial charge >= 0.3 is 11.9 Å². The highest BCUT2D eigenvalue weighted by Crippen LogP contribution is 2.24. The molecule has 0 saturated carbocycles. The second kappa shape index (κ2) is 8.39. The molecule has 9 nitrogen and oxygen atoms in total. The third kappa shape index (κ3) is 4.30. The van der Waals surface area contributed by atoms with Crippen LogP contribution in [0.25, 0.3) is 0 Å². The van der Waals surface area contributed by atoms with Crippen LogP contribution in [0.2, 0.25) is 0 Å². The molecule has 1 aromatic carbocycles. The van der Waals surface area contributed by atoms with Crippen molar-refractivity contribution >= 4 is 23.8 Å². The molecular weight excluding hydrogens is 366 g/mol. The van der Waals surface area contributed by atoms with Gasteiger partial charge in [0.25, 0.3) is 5.91 Å². The van der Waals surface area contributed by atoms with Crippen LogP contribution < -0.4 is 5.32 Å². The van der Waals surface area contributed by atoms with Crippen molar-refractivity contribution in [3.8, 4) is 0 Å². The van der Waals surface area contributed by atoms with Gasteiger partial charge < -0.3 is 10.2 Å². The Labute approximate surface area is 161 Å². The zero-order valence-electron chi connectivity index (χ0n) is 15.3. The number of aryl methyl sites for hydroxylation is 1. The Morgan fingerprint density at radius 2 is 1.79 bits per heavy atom. The van der Waals surface area contributed by atoms with E-state index >= 15 is 0 Å². The first-order valence-electron chi connectivity index (χ1n) is 9.24. The summed E-state index contributed by atoms with van der Waals surface area (Å²) in [6.45, 7) is -0.122. The molecule has 2 aliphatic heterocycles. The van der Waals surface area contributed by atoms with E-state index in [2.05, 4.69) is 5.32 Å². The maximum Gasteiger partial charge on any atom is 0.320 e. The van der Waals surface area contributed by atoms with E-state index in [0.29, 0.717) is 12.8 Å². The van der Waals surface area contributed by atoms with E-state index in [1.807, 2.05) is 30.3 Å². The normalized spacial score (nSPS) is 23.3. The summed E-state index contributed by atoms with van der Waals surface area (Å²) < 4.78 is 0. The standard InChI is InChI=1S/C19H23N3O6/c23-16-9-8-14(17(24)22-11-13(18(25)26)10-21(16)22)20-15(19(27)28)7-6-12-4-2-1-3-5-12/h1-5,13-15,20H,6-11H2,(H,25,26)(H,27,28). The van der Waals surface area contributed by atoms with Gasteiger partial charge in [-0.25, -0.2) is 5.01 Å². The fraction of sp³-hybridized carbons (Fsp3) is 0.474. The number of carbonyl (C=O) groups is 4. The van der Waals surface area contributed by atoms with Crippen LogP contribution in [0.5, 0.6) is 0 Å². The molecule has 2 amide bonds. The van der Waals surface area contributed by atoms with Gasteiger partial charge in [-0.1, -0.05) is 30.3 Å². The molecule has 28 heavy (non-hydrogen) atoms. The number of amides is 2. The largest absolute Gasteiger partial charge is 0.481 e. The van der Waals surface area contributed by atoms with Gasteiger partial charge in [0.15, 0.2) is 0 Å². The molecule has 150 valence electrons. The summed E-state index contributed by atoms with van der Waals surface area (Å²) in [7, 11) is 0. The third-order valence-corrected chi connectivity index (χ3v) is 5.18. The van der Waals surface area contributed by atoms with Gasteiger partial charge in [-0.05, 0) is 24.8 Å². The minimum Gasteiger partial charge on any atom is -0.481 e. The lowest BCUT2D eigenvalue weighted by Crippen LogP contribution is -2.53. The van der Waals surface area contributed by atoms with Crippen LogP contribution in [0.3, 0.4) is 0 Å². The van der Waals surface area contributed by atoms with Crippen molar-refractivity contribution in [2.75, 3.05) is 13.1 Å². The maximum absolute atomic E-state index is 12.9. The number of hydrogen-bond donors (Lipinski definition) is 3. The molecule has 3 N–H and O–H groups in total. The summed E-state index contributed by atoms with van der Waals surface area (Å²) in [5.74, 6) is -3.75. The van der Waals surface area contributed by atoms with Gasteiger partial charge in [-0.15, -0.1) is 0 Å². The number of rotatable bonds is 7. The summed E-state index contributed by atoms with van der Waals surface area (Å²) in [5, 5.41) is 24.0. The van der Waals surface area contributed by atoms with E-state index in [1.165, 1.54) is 5.01 Å². The van der Waals surface area contributed by atoms with Gasteiger partial charge in [0.2, 0.25) is 5.91 Å².